The van der Waals surface area contributed by atoms with Crippen molar-refractivity contribution in [3.63, 3.8) is 0 Å². The van der Waals surface area contributed by atoms with Crippen LogP contribution < -0.4 is 0 Å². The number of halogens is 3. The lowest BCUT2D eigenvalue weighted by Crippen LogP contribution is -2.06. The number of fused-ring (bicyclic) bond motifs is 6. The molecule has 0 atom stereocenters. The second-order valence-electron chi connectivity index (χ2n) is 19.4. The third-order valence-electron chi connectivity index (χ3n) is 14.8. The van der Waals surface area contributed by atoms with Crippen molar-refractivity contribution in [2.45, 2.75) is 40.8 Å². The molecular formula is C67H48F3N3. The largest absolute Gasteiger partial charge is 0.416 e. The predicted molar refractivity (Wildman–Crippen MR) is 297 cm³/mol. The first kappa shape index (κ1) is 45.2. The van der Waals surface area contributed by atoms with Gasteiger partial charge in [0.1, 0.15) is 0 Å². The molecule has 0 fully saturated rings. The highest BCUT2D eigenvalue weighted by Gasteiger charge is 2.32. The minimum Gasteiger partial charge on any atom is -0.308 e. The van der Waals surface area contributed by atoms with Crippen LogP contribution in [-0.4, -0.2) is 9.13 Å². The maximum Gasteiger partial charge on any atom is 0.416 e. The van der Waals surface area contributed by atoms with Gasteiger partial charge in [-0.3, -0.25) is 0 Å². The predicted octanol–water partition coefficient (Wildman–Crippen LogP) is 19.3. The lowest BCUT2D eigenvalue weighted by molar-refractivity contribution is -0.137. The summed E-state index contributed by atoms with van der Waals surface area (Å²) in [6.07, 6.45) is -4.59. The van der Waals surface area contributed by atoms with Gasteiger partial charge in [0, 0.05) is 21.5 Å². The topological polar surface area (TPSA) is 14.2 Å². The first-order valence-corrected chi connectivity index (χ1v) is 24.5. The Morgan fingerprint density at radius 2 is 0.699 bits per heavy atom. The lowest BCUT2D eigenvalue weighted by Gasteiger charge is -2.20. The van der Waals surface area contributed by atoms with E-state index in [4.69, 9.17) is 6.57 Å². The number of rotatable bonds is 7. The Balaban J connectivity index is 1.23. The molecule has 0 N–H and O–H groups in total. The molecule has 0 spiro atoms. The Hall–Kier alpha value is -8.92. The highest BCUT2D eigenvalue weighted by molar-refractivity contribution is 6.14. The minimum atomic E-state index is -4.59. The maximum absolute atomic E-state index is 14.7. The zero-order valence-corrected chi connectivity index (χ0v) is 41.0. The quantitative estimate of drug-likeness (QED) is 0.141. The van der Waals surface area contributed by atoms with Crippen LogP contribution in [0.25, 0.3) is 115 Å². The van der Waals surface area contributed by atoms with Crippen LogP contribution in [0.4, 0.5) is 18.9 Å². The van der Waals surface area contributed by atoms with E-state index in [-0.39, 0.29) is 5.69 Å². The SMILES string of the molecule is [C-]#[N+]c1cc(-n2c3ccc(-c4ccccc4C)cc3c3cc(-c4ccccc4C)ccc32)c(-n2c3ccc(-c4ccccc4C)cc3c3cc(-c4ccccc4C)ccc32)cc1-c1cc(C)cc(C(F)(F)F)c1. The average molecular weight is 952 g/mol. The molecule has 6 heteroatoms. The summed E-state index contributed by atoms with van der Waals surface area (Å²) in [5.74, 6) is 0. The van der Waals surface area contributed by atoms with E-state index in [2.05, 4.69) is 212 Å². The van der Waals surface area contributed by atoms with Gasteiger partial charge in [-0.1, -0.05) is 127 Å². The van der Waals surface area contributed by atoms with Gasteiger partial charge in [0.25, 0.3) is 0 Å². The van der Waals surface area contributed by atoms with Gasteiger partial charge in [-0.25, -0.2) is 4.85 Å². The third kappa shape index (κ3) is 7.68. The number of benzene rings is 10. The normalized spacial score (nSPS) is 11.8. The molecule has 0 amide bonds. The summed E-state index contributed by atoms with van der Waals surface area (Å²) < 4.78 is 48.5. The summed E-state index contributed by atoms with van der Waals surface area (Å²) in [5, 5.41) is 4.12. The Bertz CT molecular complexity index is 4070. The van der Waals surface area contributed by atoms with E-state index in [0.29, 0.717) is 16.7 Å². The maximum atomic E-state index is 14.7. The van der Waals surface area contributed by atoms with Gasteiger partial charge in [-0.05, 0) is 191 Å². The van der Waals surface area contributed by atoms with Crippen molar-refractivity contribution in [2.24, 2.45) is 0 Å². The lowest BCUT2D eigenvalue weighted by atomic mass is 9.97. The van der Waals surface area contributed by atoms with E-state index < -0.39 is 11.7 Å². The fourth-order valence-corrected chi connectivity index (χ4v) is 11.2. The van der Waals surface area contributed by atoms with Gasteiger partial charge in [0.15, 0.2) is 5.69 Å². The van der Waals surface area contributed by atoms with Crippen LogP contribution in [0.5, 0.6) is 0 Å². The number of alkyl halides is 3. The smallest absolute Gasteiger partial charge is 0.308 e. The Morgan fingerprint density at radius 3 is 1.03 bits per heavy atom. The Kier molecular flexibility index (Phi) is 10.8. The summed E-state index contributed by atoms with van der Waals surface area (Å²) in [4.78, 5) is 4.13. The van der Waals surface area contributed by atoms with Crippen molar-refractivity contribution in [3.05, 3.63) is 245 Å². The fourth-order valence-electron chi connectivity index (χ4n) is 11.2. The molecule has 0 saturated heterocycles. The minimum absolute atomic E-state index is 0.241. The van der Waals surface area contributed by atoms with Crippen molar-refractivity contribution < 1.29 is 13.2 Å². The fraction of sp³-hybridized carbons (Fsp3) is 0.0896. The number of aromatic nitrogens is 2. The number of hydrogen-bond donors (Lipinski definition) is 0. The summed E-state index contributed by atoms with van der Waals surface area (Å²) in [6.45, 7) is 18.9. The first-order chi connectivity index (χ1) is 35.3. The van der Waals surface area contributed by atoms with E-state index in [1.165, 1.54) is 6.07 Å². The summed E-state index contributed by atoms with van der Waals surface area (Å²) in [5.41, 5.74) is 19.3. The molecule has 0 unspecified atom stereocenters. The third-order valence-corrected chi connectivity index (χ3v) is 14.8. The van der Waals surface area contributed by atoms with Crippen LogP contribution in [0.1, 0.15) is 33.4 Å². The summed E-state index contributed by atoms with van der Waals surface area (Å²) in [7, 11) is 0. The van der Waals surface area contributed by atoms with E-state index in [1.807, 2.05) is 12.1 Å². The first-order valence-electron chi connectivity index (χ1n) is 24.5. The molecule has 0 aliphatic heterocycles. The van der Waals surface area contributed by atoms with Crippen LogP contribution in [0, 0.1) is 41.2 Å². The monoisotopic (exact) mass is 951 g/mol. The molecule has 352 valence electrons. The van der Waals surface area contributed by atoms with Crippen molar-refractivity contribution >= 4 is 49.3 Å². The van der Waals surface area contributed by atoms with Gasteiger partial charge < -0.3 is 9.13 Å². The van der Waals surface area contributed by atoms with Crippen LogP contribution in [0.15, 0.2) is 200 Å². The molecule has 12 rings (SSSR count). The second kappa shape index (κ2) is 17.4. The zero-order chi connectivity index (χ0) is 50.3. The molecule has 73 heavy (non-hydrogen) atoms. The molecule has 0 aliphatic carbocycles. The van der Waals surface area contributed by atoms with Crippen LogP contribution >= 0.6 is 0 Å². The number of aryl methyl sites for hydroxylation is 5. The Morgan fingerprint density at radius 1 is 0.356 bits per heavy atom. The van der Waals surface area contributed by atoms with Crippen LogP contribution in [-0.2, 0) is 6.18 Å². The Labute approximate surface area is 422 Å². The molecule has 2 aromatic heterocycles. The second-order valence-corrected chi connectivity index (χ2v) is 19.4. The molecule has 0 saturated carbocycles. The molecule has 0 aliphatic rings. The van der Waals surface area contributed by atoms with Crippen molar-refractivity contribution in [3.8, 4) is 67.0 Å². The molecule has 12 aromatic rings. The van der Waals surface area contributed by atoms with Gasteiger partial charge in [0.05, 0.1) is 45.6 Å². The molecular weight excluding hydrogens is 904 g/mol. The van der Waals surface area contributed by atoms with E-state index in [0.717, 1.165) is 128 Å². The van der Waals surface area contributed by atoms with Crippen LogP contribution in [0.3, 0.4) is 0 Å². The average Bonchev–Trinajstić information content (AvgIpc) is 3.90. The van der Waals surface area contributed by atoms with Gasteiger partial charge in [-0.15, -0.1) is 0 Å². The van der Waals surface area contributed by atoms with E-state index >= 15 is 0 Å². The van der Waals surface area contributed by atoms with Gasteiger partial charge >= 0.3 is 6.18 Å². The molecule has 2 heterocycles. The van der Waals surface area contributed by atoms with Gasteiger partial charge in [0.2, 0.25) is 0 Å². The summed E-state index contributed by atoms with van der Waals surface area (Å²) in [6, 6.07) is 67.9. The van der Waals surface area contributed by atoms with Crippen molar-refractivity contribution in [1.29, 1.82) is 0 Å². The van der Waals surface area contributed by atoms with E-state index in [9.17, 15) is 13.2 Å². The van der Waals surface area contributed by atoms with Crippen molar-refractivity contribution in [2.75, 3.05) is 0 Å². The molecule has 0 bridgehead atoms. The van der Waals surface area contributed by atoms with Crippen LogP contribution in [0.2, 0.25) is 0 Å². The van der Waals surface area contributed by atoms with Crippen molar-refractivity contribution in [1.82, 2.24) is 9.13 Å². The molecule has 10 aromatic carbocycles. The number of nitrogens with zero attached hydrogens (tertiary/aromatic N) is 3. The summed E-state index contributed by atoms with van der Waals surface area (Å²) >= 11 is 0. The molecule has 3 nitrogen and oxygen atoms in total. The highest BCUT2D eigenvalue weighted by atomic mass is 19.4. The molecule has 0 radical (unpaired) electrons. The highest BCUT2D eigenvalue weighted by Crippen LogP contribution is 2.47. The van der Waals surface area contributed by atoms with E-state index in [1.54, 1.807) is 13.0 Å². The number of hydrogen-bond acceptors (Lipinski definition) is 0. The standard InChI is InChI=1S/C67H48F3N3/c1-40-31-49(33-50(32-40)67(68,69)70)55-38-65(72-61-27-23-45(51-19-11-7-15-41(51)2)34-56(61)57-35-46(24-28-62(57)72)52-20-12-8-16-42(52)3)66(39-60(55)71-6)73-63-29-25-47(53-21-13-9-17-43(53)4)36-58(63)59-37-48(26-30-64(59)73)54-22-14-10-18-44(54)5/h7-39H,1-5H3. The van der Waals surface area contributed by atoms with Gasteiger partial charge in [-0.2, -0.15) is 13.2 Å². The zero-order valence-electron chi connectivity index (χ0n) is 41.0.